The van der Waals surface area contributed by atoms with Crippen molar-refractivity contribution in [1.82, 2.24) is 0 Å². The van der Waals surface area contributed by atoms with Gasteiger partial charge in [-0.1, -0.05) is 132 Å². The second-order valence-electron chi connectivity index (χ2n) is 16.6. The molecule has 6 unspecified atom stereocenters. The molecule has 1 aliphatic carbocycles. The van der Waals surface area contributed by atoms with Gasteiger partial charge in [-0.15, -0.1) is 0 Å². The number of hydrogen-bond donors (Lipinski definition) is 8. The number of unbranched alkanes of at least 4 members (excludes halogenated alkanes) is 12. The van der Waals surface area contributed by atoms with Crippen LogP contribution in [0, 0.1) is 0 Å². The molecule has 9 atom stereocenters. The fourth-order valence-corrected chi connectivity index (χ4v) is 8.45. The highest BCUT2D eigenvalue weighted by Crippen LogP contribution is 2.49. The number of esters is 2. The van der Waals surface area contributed by atoms with Crippen molar-refractivity contribution in [1.29, 1.82) is 0 Å². The Hall–Kier alpha value is -2.34. The summed E-state index contributed by atoms with van der Waals surface area (Å²) in [7, 11) is -10.7. The Bertz CT molecular complexity index is 1530. The Morgan fingerprint density at radius 1 is 0.545 bits per heavy atom. The number of allylic oxidation sites excluding steroid dienone is 9. The Balaban J connectivity index is 2.64. The number of carbonyl (C=O) groups is 2. The molecule has 0 aromatic rings. The van der Waals surface area contributed by atoms with Gasteiger partial charge in [0.25, 0.3) is 0 Å². The maximum atomic E-state index is 13.0. The molecule has 8 N–H and O–H groups in total. The summed E-state index contributed by atoms with van der Waals surface area (Å²) in [5.74, 6) is -1.30. The maximum absolute atomic E-state index is 13.0. The highest BCUT2D eigenvalue weighted by Gasteiger charge is 2.54. The van der Waals surface area contributed by atoms with Crippen molar-refractivity contribution in [3.8, 4) is 0 Å². The number of hydrogen-bond acceptors (Lipinski definition) is 14. The summed E-state index contributed by atoms with van der Waals surface area (Å²) >= 11 is 0. The van der Waals surface area contributed by atoms with Crippen molar-refractivity contribution in [2.24, 2.45) is 0 Å². The summed E-state index contributed by atoms with van der Waals surface area (Å²) in [6.07, 6.45) is 25.3. The molecule has 382 valence electrons. The SMILES string of the molecule is CCCCCC/C=C\CCCCCCCCCC(=O)O[C@H](COC(=O)CCC/C=C\C/C=C\C/C=C\C/C=C\CC(O)CCC)COP(=O)(O)O[C@H]1C(O)C(O)C(O)[C@@H](OP(=O)(O)O)C1O. The van der Waals surface area contributed by atoms with Gasteiger partial charge in [0.05, 0.1) is 12.7 Å². The number of phosphoric ester groups is 2. The van der Waals surface area contributed by atoms with Crippen LogP contribution in [0.5, 0.6) is 0 Å². The van der Waals surface area contributed by atoms with E-state index < -0.39 is 83.5 Å². The van der Waals surface area contributed by atoms with Crippen LogP contribution in [0.15, 0.2) is 60.8 Å². The van der Waals surface area contributed by atoms with Gasteiger partial charge in [0, 0.05) is 12.8 Å². The lowest BCUT2D eigenvalue weighted by atomic mass is 9.85. The topological polar surface area (TPSA) is 276 Å². The summed E-state index contributed by atoms with van der Waals surface area (Å²) in [4.78, 5) is 54.3. The molecule has 1 aliphatic rings. The van der Waals surface area contributed by atoms with Crippen LogP contribution in [0.25, 0.3) is 0 Å². The minimum absolute atomic E-state index is 0.0178. The second-order valence-corrected chi connectivity index (χ2v) is 19.2. The van der Waals surface area contributed by atoms with E-state index in [0.29, 0.717) is 25.7 Å². The molecule has 19 heteroatoms. The van der Waals surface area contributed by atoms with Crippen LogP contribution in [-0.2, 0) is 41.8 Å². The van der Waals surface area contributed by atoms with E-state index in [0.717, 1.165) is 83.5 Å². The van der Waals surface area contributed by atoms with E-state index in [1.165, 1.54) is 25.7 Å². The first-order valence-electron chi connectivity index (χ1n) is 23.9. The average molecular weight is 981 g/mol. The Morgan fingerprint density at radius 3 is 1.61 bits per heavy atom. The number of aliphatic hydroxyl groups excluding tert-OH is 5. The molecule has 0 heterocycles. The van der Waals surface area contributed by atoms with Gasteiger partial charge in [0.1, 0.15) is 43.2 Å². The number of phosphoric acid groups is 2. The first-order chi connectivity index (χ1) is 31.5. The van der Waals surface area contributed by atoms with Gasteiger partial charge in [-0.2, -0.15) is 0 Å². The minimum atomic E-state index is -5.38. The molecule has 66 heavy (non-hydrogen) atoms. The Kier molecular flexibility index (Phi) is 35.1. The molecular weight excluding hydrogens is 898 g/mol. The lowest BCUT2D eigenvalue weighted by Gasteiger charge is -2.43. The zero-order valence-electron chi connectivity index (χ0n) is 39.2. The first-order valence-corrected chi connectivity index (χ1v) is 26.9. The molecule has 1 saturated carbocycles. The Morgan fingerprint density at radius 2 is 1.03 bits per heavy atom. The standard InChI is InChI=1S/C47H82O17P2/c1-3-5-6-7-8-9-10-11-12-15-19-22-25-28-31-35-41(50)62-39(37-61-66(58,59)64-47-44(53)42(51)43(52)46(45(47)54)63-65(55,56)57)36-60-40(49)34-30-27-24-21-18-16-13-14-17-20-23-26-29-33-38(48)32-4-2/h9-10,13,16-17,20-21,24,26,29,38-39,42-48,51-54H,3-8,11-12,14-15,18-19,22-23,25,27-28,30-37H2,1-2H3,(H,58,59)(H2,55,56,57)/b10-9-,16-13-,20-17-,24-21-,29-26-/t38?,39-,42?,43?,44?,45?,46-,47+/m1/s1. The summed E-state index contributed by atoms with van der Waals surface area (Å²) in [5, 5.41) is 51.0. The first kappa shape index (κ1) is 61.7. The molecule has 17 nitrogen and oxygen atoms in total. The van der Waals surface area contributed by atoms with Crippen molar-refractivity contribution in [3.63, 3.8) is 0 Å². The van der Waals surface area contributed by atoms with Crippen LogP contribution in [0.2, 0.25) is 0 Å². The van der Waals surface area contributed by atoms with E-state index in [-0.39, 0.29) is 18.9 Å². The number of aliphatic hydroxyl groups is 5. The van der Waals surface area contributed by atoms with E-state index in [1.807, 2.05) is 37.3 Å². The van der Waals surface area contributed by atoms with Gasteiger partial charge in [-0.25, -0.2) is 9.13 Å². The van der Waals surface area contributed by atoms with Gasteiger partial charge in [-0.3, -0.25) is 23.2 Å². The van der Waals surface area contributed by atoms with Crippen molar-refractivity contribution >= 4 is 27.6 Å². The van der Waals surface area contributed by atoms with E-state index in [2.05, 4.69) is 41.8 Å². The predicted molar refractivity (Wildman–Crippen MR) is 252 cm³/mol. The van der Waals surface area contributed by atoms with Crippen molar-refractivity contribution in [3.05, 3.63) is 60.8 Å². The minimum Gasteiger partial charge on any atom is -0.462 e. The molecule has 0 radical (unpaired) electrons. The van der Waals surface area contributed by atoms with Crippen LogP contribution in [0.1, 0.15) is 162 Å². The van der Waals surface area contributed by atoms with Crippen LogP contribution in [0.3, 0.4) is 0 Å². The molecule has 0 spiro atoms. The van der Waals surface area contributed by atoms with Crippen LogP contribution >= 0.6 is 15.6 Å². The summed E-state index contributed by atoms with van der Waals surface area (Å²) in [6.45, 7) is 2.84. The molecule has 0 aromatic heterocycles. The number of ether oxygens (including phenoxy) is 2. The largest absolute Gasteiger partial charge is 0.472 e. The zero-order chi connectivity index (χ0) is 49.1. The van der Waals surface area contributed by atoms with Crippen molar-refractivity contribution in [2.75, 3.05) is 13.2 Å². The van der Waals surface area contributed by atoms with E-state index in [1.54, 1.807) is 0 Å². The lowest BCUT2D eigenvalue weighted by Crippen LogP contribution is -2.64. The quantitative estimate of drug-likeness (QED) is 0.0125. The third-order valence-electron chi connectivity index (χ3n) is 10.6. The van der Waals surface area contributed by atoms with Gasteiger partial charge in [0.15, 0.2) is 6.10 Å². The monoisotopic (exact) mass is 981 g/mol. The van der Waals surface area contributed by atoms with Gasteiger partial charge in [-0.05, 0) is 77.0 Å². The fraction of sp³-hybridized carbons (Fsp3) is 0.745. The van der Waals surface area contributed by atoms with E-state index >= 15 is 0 Å². The van der Waals surface area contributed by atoms with Crippen molar-refractivity contribution in [2.45, 2.75) is 210 Å². The smallest absolute Gasteiger partial charge is 0.462 e. The second kappa shape index (κ2) is 37.5. The lowest BCUT2D eigenvalue weighted by molar-refractivity contribution is -0.216. The molecule has 1 rings (SSSR count). The molecule has 0 saturated heterocycles. The maximum Gasteiger partial charge on any atom is 0.472 e. The highest BCUT2D eigenvalue weighted by molar-refractivity contribution is 7.47. The summed E-state index contributed by atoms with van der Waals surface area (Å²) < 4.78 is 49.3. The zero-order valence-corrected chi connectivity index (χ0v) is 41.0. The molecule has 0 bridgehead atoms. The van der Waals surface area contributed by atoms with Gasteiger partial charge >= 0.3 is 27.6 Å². The van der Waals surface area contributed by atoms with E-state index in [9.17, 15) is 58.9 Å². The number of rotatable bonds is 39. The molecule has 0 aromatic carbocycles. The van der Waals surface area contributed by atoms with E-state index in [4.69, 9.17) is 18.5 Å². The fourth-order valence-electron chi connectivity index (χ4n) is 6.91. The molecule has 1 fully saturated rings. The van der Waals surface area contributed by atoms with Crippen LogP contribution in [-0.4, -0.2) is 114 Å². The third-order valence-corrected chi connectivity index (χ3v) is 12.1. The number of carbonyl (C=O) groups excluding carboxylic acids is 2. The third kappa shape index (κ3) is 31.7. The average Bonchev–Trinajstić information content (AvgIpc) is 3.26. The summed E-state index contributed by atoms with van der Waals surface area (Å²) in [6, 6.07) is 0. The van der Waals surface area contributed by atoms with Crippen molar-refractivity contribution < 1.29 is 82.0 Å². The Labute approximate surface area is 392 Å². The summed E-state index contributed by atoms with van der Waals surface area (Å²) in [5.41, 5.74) is 0. The predicted octanol–water partition coefficient (Wildman–Crippen LogP) is 8.03. The van der Waals surface area contributed by atoms with Gasteiger partial charge < -0.3 is 49.7 Å². The molecular formula is C47H82O17P2. The molecule has 0 amide bonds. The van der Waals surface area contributed by atoms with Gasteiger partial charge in [0.2, 0.25) is 0 Å². The highest BCUT2D eigenvalue weighted by atomic mass is 31.2. The van der Waals surface area contributed by atoms with Crippen LogP contribution < -0.4 is 0 Å². The normalized spacial score (nSPS) is 22.5. The van der Waals surface area contributed by atoms with Crippen LogP contribution in [0.4, 0.5) is 0 Å². The molecule has 0 aliphatic heterocycles.